The molecule has 7 nitrogen and oxygen atoms in total. The molecule has 31 heavy (non-hydrogen) atoms. The molecule has 2 aliphatic rings. The number of carbonyl (C=O) groups is 3. The molecule has 3 amide bonds. The minimum Gasteiger partial charge on any atom is -0.494 e. The number of ether oxygens (including phenoxy) is 1. The highest BCUT2D eigenvalue weighted by atomic mass is 32.2. The van der Waals surface area contributed by atoms with Crippen LogP contribution in [0.5, 0.6) is 5.75 Å². The second-order valence-corrected chi connectivity index (χ2v) is 8.51. The van der Waals surface area contributed by atoms with Crippen LogP contribution in [0, 0.1) is 5.92 Å². The molecule has 0 aliphatic carbocycles. The van der Waals surface area contributed by atoms with E-state index in [-0.39, 0.29) is 24.1 Å². The molecule has 0 unspecified atom stereocenters. The maximum absolute atomic E-state index is 12.9. The van der Waals surface area contributed by atoms with E-state index < -0.39 is 5.92 Å². The second-order valence-electron chi connectivity index (χ2n) is 7.63. The van der Waals surface area contributed by atoms with E-state index in [2.05, 4.69) is 5.32 Å². The Balaban J connectivity index is 1.46. The Morgan fingerprint density at radius 1 is 1.13 bits per heavy atom. The number of methoxy groups -OCH3 is 1. The van der Waals surface area contributed by atoms with E-state index in [1.165, 1.54) is 0 Å². The van der Waals surface area contributed by atoms with Crippen molar-refractivity contribution < 1.29 is 19.1 Å². The monoisotopic (exact) mass is 439 g/mol. The molecule has 162 valence electrons. The van der Waals surface area contributed by atoms with Gasteiger partial charge in [-0.15, -0.1) is 11.8 Å². The molecule has 1 atom stereocenters. The standard InChI is InChI=1S/C23H25N3O4S/c1-30-20-12-16(8-9-19(20)25-10-4-7-21(25)27)24-23(29)15-11-22(28)26(14-15)17-5-3-6-18(13-17)31-2/h3,5-6,8-9,12-13,15H,4,7,10-11,14H2,1-2H3,(H,24,29)/t15-/m0/s1. The number of hydrogen-bond donors (Lipinski definition) is 1. The number of nitrogens with zero attached hydrogens (tertiary/aromatic N) is 2. The van der Waals surface area contributed by atoms with E-state index in [0.29, 0.717) is 36.6 Å². The quantitative estimate of drug-likeness (QED) is 0.697. The van der Waals surface area contributed by atoms with Crippen molar-refractivity contribution in [2.45, 2.75) is 24.2 Å². The van der Waals surface area contributed by atoms with Crippen LogP contribution in [-0.4, -0.2) is 44.2 Å². The number of carbonyl (C=O) groups excluding carboxylic acids is 3. The Morgan fingerprint density at radius 2 is 1.97 bits per heavy atom. The first kappa shape index (κ1) is 21.2. The zero-order valence-corrected chi connectivity index (χ0v) is 18.4. The summed E-state index contributed by atoms with van der Waals surface area (Å²) in [6.45, 7) is 1.01. The third-order valence-electron chi connectivity index (χ3n) is 5.67. The smallest absolute Gasteiger partial charge is 0.229 e. The van der Waals surface area contributed by atoms with Crippen molar-refractivity contribution in [3.63, 3.8) is 0 Å². The molecule has 2 aromatic carbocycles. The van der Waals surface area contributed by atoms with Crippen molar-refractivity contribution in [1.29, 1.82) is 0 Å². The lowest BCUT2D eigenvalue weighted by Crippen LogP contribution is -2.28. The minimum absolute atomic E-state index is 0.0566. The Bertz CT molecular complexity index is 1030. The van der Waals surface area contributed by atoms with Gasteiger partial charge in [-0.2, -0.15) is 0 Å². The number of nitrogens with one attached hydrogen (secondary N) is 1. The highest BCUT2D eigenvalue weighted by molar-refractivity contribution is 7.98. The van der Waals surface area contributed by atoms with Crippen molar-refractivity contribution in [2.24, 2.45) is 5.92 Å². The fourth-order valence-electron chi connectivity index (χ4n) is 4.04. The van der Waals surface area contributed by atoms with E-state index in [1.807, 2.05) is 30.5 Å². The first-order chi connectivity index (χ1) is 15.0. The van der Waals surface area contributed by atoms with Gasteiger partial charge < -0.3 is 19.9 Å². The highest BCUT2D eigenvalue weighted by Crippen LogP contribution is 2.34. The molecule has 0 bridgehead atoms. The Labute approximate surface area is 185 Å². The van der Waals surface area contributed by atoms with Crippen LogP contribution in [0.2, 0.25) is 0 Å². The molecule has 2 aromatic rings. The van der Waals surface area contributed by atoms with E-state index in [9.17, 15) is 14.4 Å². The predicted octanol–water partition coefficient (Wildman–Crippen LogP) is 3.54. The molecule has 8 heteroatoms. The van der Waals surface area contributed by atoms with Gasteiger partial charge in [-0.25, -0.2) is 0 Å². The van der Waals surface area contributed by atoms with Crippen molar-refractivity contribution in [1.82, 2.24) is 0 Å². The predicted molar refractivity (Wildman–Crippen MR) is 122 cm³/mol. The molecule has 0 spiro atoms. The zero-order valence-electron chi connectivity index (χ0n) is 17.6. The fraction of sp³-hybridized carbons (Fsp3) is 0.348. The Hall–Kier alpha value is -3.00. The first-order valence-corrected chi connectivity index (χ1v) is 11.5. The van der Waals surface area contributed by atoms with Crippen LogP contribution in [0.3, 0.4) is 0 Å². The highest BCUT2D eigenvalue weighted by Gasteiger charge is 2.35. The lowest BCUT2D eigenvalue weighted by Gasteiger charge is -2.20. The van der Waals surface area contributed by atoms with E-state index in [0.717, 1.165) is 17.0 Å². The van der Waals surface area contributed by atoms with Gasteiger partial charge >= 0.3 is 0 Å². The van der Waals surface area contributed by atoms with Crippen LogP contribution in [0.1, 0.15) is 19.3 Å². The molecule has 2 saturated heterocycles. The largest absolute Gasteiger partial charge is 0.494 e. The number of anilines is 3. The summed E-state index contributed by atoms with van der Waals surface area (Å²) >= 11 is 1.61. The van der Waals surface area contributed by atoms with Crippen molar-refractivity contribution in [2.75, 3.05) is 41.6 Å². The molecular formula is C23H25N3O4S. The van der Waals surface area contributed by atoms with Gasteiger partial charge in [0, 0.05) is 48.3 Å². The van der Waals surface area contributed by atoms with E-state index in [4.69, 9.17) is 4.74 Å². The molecule has 0 saturated carbocycles. The number of thioether (sulfide) groups is 1. The Kier molecular flexibility index (Phi) is 6.18. The SMILES string of the molecule is COc1cc(NC(=O)[C@H]2CC(=O)N(c3cccc(SC)c3)C2)ccc1N1CCCC1=O. The molecule has 2 fully saturated rings. The lowest BCUT2D eigenvalue weighted by atomic mass is 10.1. The van der Waals surface area contributed by atoms with Crippen LogP contribution >= 0.6 is 11.8 Å². The third-order valence-corrected chi connectivity index (χ3v) is 6.40. The summed E-state index contributed by atoms with van der Waals surface area (Å²) in [5, 5.41) is 2.90. The summed E-state index contributed by atoms with van der Waals surface area (Å²) in [6.07, 6.45) is 3.52. The van der Waals surface area contributed by atoms with Gasteiger partial charge in [0.05, 0.1) is 18.7 Å². The van der Waals surface area contributed by atoms with Crippen molar-refractivity contribution >= 4 is 46.5 Å². The molecule has 2 heterocycles. The van der Waals surface area contributed by atoms with Gasteiger partial charge in [0.15, 0.2) is 0 Å². The van der Waals surface area contributed by atoms with Gasteiger partial charge in [-0.05, 0) is 43.0 Å². The summed E-state index contributed by atoms with van der Waals surface area (Å²) < 4.78 is 5.46. The van der Waals surface area contributed by atoms with Gasteiger partial charge in [-0.1, -0.05) is 6.07 Å². The van der Waals surface area contributed by atoms with Crippen LogP contribution in [0.15, 0.2) is 47.4 Å². The number of hydrogen-bond acceptors (Lipinski definition) is 5. The topological polar surface area (TPSA) is 79.0 Å². The minimum atomic E-state index is -0.434. The number of rotatable bonds is 6. The summed E-state index contributed by atoms with van der Waals surface area (Å²) in [6, 6.07) is 13.0. The molecule has 4 rings (SSSR count). The fourth-order valence-corrected chi connectivity index (χ4v) is 4.49. The average molecular weight is 440 g/mol. The molecular weight excluding hydrogens is 414 g/mol. The second kappa shape index (κ2) is 9.01. The normalized spacial score (nSPS) is 18.6. The molecule has 0 aromatic heterocycles. The van der Waals surface area contributed by atoms with Crippen LogP contribution in [0.25, 0.3) is 0 Å². The van der Waals surface area contributed by atoms with Gasteiger partial charge in [-0.3, -0.25) is 14.4 Å². The van der Waals surface area contributed by atoms with Gasteiger partial charge in [0.25, 0.3) is 0 Å². The van der Waals surface area contributed by atoms with Crippen molar-refractivity contribution in [3.8, 4) is 5.75 Å². The summed E-state index contributed by atoms with van der Waals surface area (Å²) in [5.41, 5.74) is 2.10. The third kappa shape index (κ3) is 4.39. The van der Waals surface area contributed by atoms with Gasteiger partial charge in [0.2, 0.25) is 17.7 Å². The first-order valence-electron chi connectivity index (χ1n) is 10.2. The summed E-state index contributed by atoms with van der Waals surface area (Å²) in [7, 11) is 1.54. The molecule has 0 radical (unpaired) electrons. The van der Waals surface area contributed by atoms with Gasteiger partial charge in [0.1, 0.15) is 5.75 Å². The summed E-state index contributed by atoms with van der Waals surface area (Å²) in [4.78, 5) is 41.9. The van der Waals surface area contributed by atoms with E-state index >= 15 is 0 Å². The van der Waals surface area contributed by atoms with E-state index in [1.54, 1.807) is 46.9 Å². The van der Waals surface area contributed by atoms with Crippen LogP contribution < -0.4 is 19.9 Å². The lowest BCUT2D eigenvalue weighted by molar-refractivity contribution is -0.122. The van der Waals surface area contributed by atoms with Crippen LogP contribution in [0.4, 0.5) is 17.1 Å². The zero-order chi connectivity index (χ0) is 22.0. The molecule has 2 aliphatic heterocycles. The van der Waals surface area contributed by atoms with Crippen LogP contribution in [-0.2, 0) is 14.4 Å². The Morgan fingerprint density at radius 3 is 2.68 bits per heavy atom. The number of amides is 3. The average Bonchev–Trinajstić information content (AvgIpc) is 3.39. The number of benzene rings is 2. The maximum atomic E-state index is 12.9. The maximum Gasteiger partial charge on any atom is 0.229 e. The molecule has 1 N–H and O–H groups in total. The summed E-state index contributed by atoms with van der Waals surface area (Å²) in [5.74, 6) is -0.0877. The van der Waals surface area contributed by atoms with Crippen molar-refractivity contribution in [3.05, 3.63) is 42.5 Å².